The first-order valence-corrected chi connectivity index (χ1v) is 9.18. The minimum absolute atomic E-state index is 0.0365. The van der Waals surface area contributed by atoms with Crippen molar-refractivity contribution >= 4 is 23.1 Å². The SMILES string of the molecule is Cc1ccc(-c2noc(C(C)OC(=O)CCC(=O)c3cccs3)n2)cc1F. The standard InChI is InChI=1S/C19H17FN2O4S/c1-11-5-6-13(10-14(11)20)18-21-19(26-22-18)12(2)25-17(24)8-7-15(23)16-4-3-9-27-16/h3-6,9-10,12H,7-8H2,1-2H3. The maximum absolute atomic E-state index is 13.7. The number of ether oxygens (including phenoxy) is 1. The Morgan fingerprint density at radius 3 is 2.81 bits per heavy atom. The number of ketones is 1. The number of aromatic nitrogens is 2. The molecule has 0 saturated carbocycles. The first-order chi connectivity index (χ1) is 12.9. The fourth-order valence-corrected chi connectivity index (χ4v) is 3.03. The summed E-state index contributed by atoms with van der Waals surface area (Å²) in [5.41, 5.74) is 0.982. The summed E-state index contributed by atoms with van der Waals surface area (Å²) in [6.45, 7) is 3.25. The maximum atomic E-state index is 13.7. The number of thiophene rings is 1. The number of hydrogen-bond donors (Lipinski definition) is 0. The van der Waals surface area contributed by atoms with Gasteiger partial charge in [0.1, 0.15) is 5.82 Å². The van der Waals surface area contributed by atoms with Crippen LogP contribution in [0.5, 0.6) is 0 Å². The predicted molar refractivity (Wildman–Crippen MR) is 96.8 cm³/mol. The summed E-state index contributed by atoms with van der Waals surface area (Å²) in [4.78, 5) is 28.6. The van der Waals surface area contributed by atoms with Gasteiger partial charge in [-0.25, -0.2) is 4.39 Å². The monoisotopic (exact) mass is 388 g/mol. The van der Waals surface area contributed by atoms with Gasteiger partial charge in [0.05, 0.1) is 11.3 Å². The van der Waals surface area contributed by atoms with Gasteiger partial charge >= 0.3 is 5.97 Å². The molecule has 0 aliphatic heterocycles. The molecular weight excluding hydrogens is 371 g/mol. The van der Waals surface area contributed by atoms with E-state index >= 15 is 0 Å². The largest absolute Gasteiger partial charge is 0.453 e. The highest BCUT2D eigenvalue weighted by Crippen LogP contribution is 2.23. The molecule has 0 radical (unpaired) electrons. The topological polar surface area (TPSA) is 82.3 Å². The molecule has 3 rings (SSSR count). The van der Waals surface area contributed by atoms with Crippen molar-refractivity contribution < 1.29 is 23.2 Å². The average Bonchev–Trinajstić information content (AvgIpc) is 3.34. The van der Waals surface area contributed by atoms with Crippen LogP contribution in [0.15, 0.2) is 40.2 Å². The number of rotatable bonds is 7. The van der Waals surface area contributed by atoms with Crippen molar-refractivity contribution in [2.24, 2.45) is 0 Å². The molecule has 0 spiro atoms. The average molecular weight is 388 g/mol. The van der Waals surface area contributed by atoms with Crippen LogP contribution in [0, 0.1) is 12.7 Å². The highest BCUT2D eigenvalue weighted by molar-refractivity contribution is 7.12. The van der Waals surface area contributed by atoms with E-state index in [4.69, 9.17) is 9.26 Å². The van der Waals surface area contributed by atoms with Gasteiger partial charge in [-0.15, -0.1) is 11.3 Å². The van der Waals surface area contributed by atoms with Gasteiger partial charge in [0.2, 0.25) is 5.82 Å². The normalized spacial score (nSPS) is 12.0. The Hall–Kier alpha value is -2.87. The third-order valence-electron chi connectivity index (χ3n) is 3.88. The summed E-state index contributed by atoms with van der Waals surface area (Å²) in [5.74, 6) is -0.693. The van der Waals surface area contributed by atoms with Crippen molar-refractivity contribution in [2.45, 2.75) is 32.8 Å². The van der Waals surface area contributed by atoms with Gasteiger partial charge in [-0.3, -0.25) is 9.59 Å². The Morgan fingerprint density at radius 2 is 2.11 bits per heavy atom. The third-order valence-corrected chi connectivity index (χ3v) is 4.79. The summed E-state index contributed by atoms with van der Waals surface area (Å²) >= 11 is 1.33. The van der Waals surface area contributed by atoms with Crippen LogP contribution < -0.4 is 0 Å². The second-order valence-corrected chi connectivity index (χ2v) is 6.90. The van der Waals surface area contributed by atoms with Gasteiger partial charge in [0.25, 0.3) is 5.89 Å². The first-order valence-electron chi connectivity index (χ1n) is 8.30. The van der Waals surface area contributed by atoms with Gasteiger partial charge in [-0.1, -0.05) is 23.4 Å². The summed E-state index contributed by atoms with van der Waals surface area (Å²) in [6.07, 6.45) is -0.736. The highest BCUT2D eigenvalue weighted by Gasteiger charge is 2.20. The van der Waals surface area contributed by atoms with Gasteiger partial charge in [0, 0.05) is 12.0 Å². The van der Waals surface area contributed by atoms with Crippen LogP contribution in [-0.4, -0.2) is 21.9 Å². The fourth-order valence-electron chi connectivity index (χ4n) is 2.33. The molecule has 0 fully saturated rings. The molecular formula is C19H17FN2O4S. The lowest BCUT2D eigenvalue weighted by Crippen LogP contribution is -2.11. The molecule has 2 heterocycles. The van der Waals surface area contributed by atoms with E-state index in [1.54, 1.807) is 43.5 Å². The Balaban J connectivity index is 1.57. The minimum Gasteiger partial charge on any atom is -0.453 e. The van der Waals surface area contributed by atoms with Crippen molar-refractivity contribution in [1.82, 2.24) is 10.1 Å². The zero-order valence-corrected chi connectivity index (χ0v) is 15.6. The number of esters is 1. The van der Waals surface area contributed by atoms with Crippen LogP contribution in [0.4, 0.5) is 4.39 Å². The second-order valence-electron chi connectivity index (χ2n) is 5.95. The van der Waals surface area contributed by atoms with E-state index < -0.39 is 12.1 Å². The van der Waals surface area contributed by atoms with E-state index in [-0.39, 0.29) is 36.2 Å². The van der Waals surface area contributed by atoms with Crippen LogP contribution in [0.1, 0.15) is 47.0 Å². The Morgan fingerprint density at radius 1 is 1.30 bits per heavy atom. The van der Waals surface area contributed by atoms with Crippen molar-refractivity contribution in [3.8, 4) is 11.4 Å². The lowest BCUT2D eigenvalue weighted by atomic mass is 10.1. The van der Waals surface area contributed by atoms with Gasteiger partial charge in [-0.05, 0) is 36.9 Å². The van der Waals surface area contributed by atoms with E-state index in [0.29, 0.717) is 16.0 Å². The second kappa shape index (κ2) is 8.22. The maximum Gasteiger partial charge on any atom is 0.307 e. The molecule has 8 heteroatoms. The molecule has 140 valence electrons. The van der Waals surface area contributed by atoms with E-state index in [1.165, 1.54) is 17.4 Å². The molecule has 1 unspecified atom stereocenters. The van der Waals surface area contributed by atoms with Gasteiger partial charge < -0.3 is 9.26 Å². The van der Waals surface area contributed by atoms with Gasteiger partial charge in [-0.2, -0.15) is 4.98 Å². The Kier molecular flexibility index (Phi) is 5.75. The van der Waals surface area contributed by atoms with Crippen LogP contribution in [0.2, 0.25) is 0 Å². The molecule has 0 aliphatic rings. The zero-order valence-electron chi connectivity index (χ0n) is 14.8. The molecule has 6 nitrogen and oxygen atoms in total. The minimum atomic E-state index is -0.772. The van der Waals surface area contributed by atoms with Crippen molar-refractivity contribution in [1.29, 1.82) is 0 Å². The molecule has 0 aliphatic carbocycles. The molecule has 1 aromatic carbocycles. The van der Waals surface area contributed by atoms with E-state index in [1.807, 2.05) is 0 Å². The smallest absolute Gasteiger partial charge is 0.307 e. The third kappa shape index (κ3) is 4.65. The lowest BCUT2D eigenvalue weighted by Gasteiger charge is -2.08. The van der Waals surface area contributed by atoms with Crippen molar-refractivity contribution in [3.05, 3.63) is 57.9 Å². The summed E-state index contributed by atoms with van der Waals surface area (Å²) in [7, 11) is 0. The summed E-state index contributed by atoms with van der Waals surface area (Å²) in [5, 5.41) is 5.60. The predicted octanol–water partition coefficient (Wildman–Crippen LogP) is 4.51. The molecule has 0 bridgehead atoms. The number of benzene rings is 1. The number of Topliss-reactive ketones (excluding diaryl/α,β-unsaturated/α-hetero) is 1. The van der Waals surface area contributed by atoms with Crippen molar-refractivity contribution in [3.63, 3.8) is 0 Å². The summed E-state index contributed by atoms with van der Waals surface area (Å²) < 4.78 is 24.0. The molecule has 1 atom stereocenters. The molecule has 2 aromatic heterocycles. The number of nitrogens with zero attached hydrogens (tertiary/aromatic N) is 2. The van der Waals surface area contributed by atoms with Crippen LogP contribution in [0.3, 0.4) is 0 Å². The van der Waals surface area contributed by atoms with E-state index in [9.17, 15) is 14.0 Å². The number of halogens is 1. The van der Waals surface area contributed by atoms with E-state index in [0.717, 1.165) is 0 Å². The Bertz CT molecular complexity index is 953. The lowest BCUT2D eigenvalue weighted by molar-refractivity contribution is -0.149. The molecule has 0 N–H and O–H groups in total. The fraction of sp³-hybridized carbons (Fsp3) is 0.263. The highest BCUT2D eigenvalue weighted by atomic mass is 32.1. The molecule has 3 aromatic rings. The quantitative estimate of drug-likeness (QED) is 0.437. The number of carbonyl (C=O) groups excluding carboxylic acids is 2. The Labute approximate surface area is 159 Å². The summed E-state index contributed by atoms with van der Waals surface area (Å²) in [6, 6.07) is 8.12. The van der Waals surface area contributed by atoms with Crippen LogP contribution in [0.25, 0.3) is 11.4 Å². The van der Waals surface area contributed by atoms with Crippen LogP contribution in [-0.2, 0) is 9.53 Å². The number of aryl methyl sites for hydroxylation is 1. The zero-order chi connectivity index (χ0) is 19.4. The number of hydrogen-bond acceptors (Lipinski definition) is 7. The molecule has 0 amide bonds. The molecule has 27 heavy (non-hydrogen) atoms. The van der Waals surface area contributed by atoms with Gasteiger partial charge in [0.15, 0.2) is 11.9 Å². The number of carbonyl (C=O) groups is 2. The van der Waals surface area contributed by atoms with E-state index in [2.05, 4.69) is 10.1 Å². The first kappa shape index (κ1) is 18.9. The van der Waals surface area contributed by atoms with Crippen LogP contribution >= 0.6 is 11.3 Å². The van der Waals surface area contributed by atoms with Crippen molar-refractivity contribution in [2.75, 3.05) is 0 Å². The molecule has 0 saturated heterocycles.